The van der Waals surface area contributed by atoms with Gasteiger partial charge in [0.05, 0.1) is 33.8 Å². The van der Waals surface area contributed by atoms with Crippen LogP contribution in [0.25, 0.3) is 5.76 Å². The average molecular weight is 412 g/mol. The fourth-order valence-electron chi connectivity index (χ4n) is 3.59. The summed E-state index contributed by atoms with van der Waals surface area (Å²) in [5.41, 5.74) is 0.720. The molecule has 1 atom stereocenters. The summed E-state index contributed by atoms with van der Waals surface area (Å²) in [4.78, 5) is 28.3. The number of quaternary nitrogens is 1. The van der Waals surface area contributed by atoms with E-state index in [2.05, 4.69) is 0 Å². The van der Waals surface area contributed by atoms with Crippen molar-refractivity contribution in [1.82, 2.24) is 4.90 Å². The highest BCUT2D eigenvalue weighted by Crippen LogP contribution is 2.39. The van der Waals surface area contributed by atoms with E-state index in [0.717, 1.165) is 18.7 Å². The third-order valence-corrected chi connectivity index (χ3v) is 5.14. The predicted molar refractivity (Wildman–Crippen MR) is 108 cm³/mol. The van der Waals surface area contributed by atoms with Gasteiger partial charge in [-0.2, -0.15) is 0 Å². The minimum Gasteiger partial charge on any atom is -0.872 e. The Morgan fingerprint density at radius 2 is 1.73 bits per heavy atom. The molecule has 0 bridgehead atoms. The van der Waals surface area contributed by atoms with E-state index in [1.54, 1.807) is 31.4 Å². The van der Waals surface area contributed by atoms with Crippen molar-refractivity contribution in [1.29, 1.82) is 0 Å². The van der Waals surface area contributed by atoms with Gasteiger partial charge in [0.2, 0.25) is 5.78 Å². The molecule has 30 heavy (non-hydrogen) atoms. The van der Waals surface area contributed by atoms with Crippen molar-refractivity contribution in [2.24, 2.45) is 0 Å². The lowest BCUT2D eigenvalue weighted by molar-refractivity contribution is -0.858. The molecular formula is C23H25FN2O4. The Kier molecular flexibility index (Phi) is 6.52. The molecule has 7 heteroatoms. The van der Waals surface area contributed by atoms with Crippen LogP contribution in [-0.2, 0) is 9.59 Å². The molecule has 2 aromatic rings. The van der Waals surface area contributed by atoms with E-state index in [0.29, 0.717) is 24.3 Å². The summed E-state index contributed by atoms with van der Waals surface area (Å²) in [6.07, 6.45) is 0.687. The minimum atomic E-state index is -0.803. The molecule has 1 heterocycles. The van der Waals surface area contributed by atoms with Crippen molar-refractivity contribution in [3.63, 3.8) is 0 Å². The zero-order valence-electron chi connectivity index (χ0n) is 17.3. The SMILES string of the molecule is COc1ccc(C2/C(=C(\[O-])c3ccc(F)cc3)C(=O)C(=O)N2CCC[NH+](C)C)cc1. The predicted octanol–water partition coefficient (Wildman–Crippen LogP) is 0.593. The van der Waals surface area contributed by atoms with Gasteiger partial charge in [0.15, 0.2) is 0 Å². The third kappa shape index (κ3) is 4.36. The summed E-state index contributed by atoms with van der Waals surface area (Å²) in [5.74, 6) is -1.90. The van der Waals surface area contributed by atoms with Crippen LogP contribution >= 0.6 is 0 Å². The largest absolute Gasteiger partial charge is 0.872 e. The van der Waals surface area contributed by atoms with Crippen molar-refractivity contribution in [3.05, 3.63) is 71.0 Å². The Morgan fingerprint density at radius 3 is 2.30 bits per heavy atom. The molecule has 1 amide bonds. The number of nitrogens with zero attached hydrogens (tertiary/aromatic N) is 1. The summed E-state index contributed by atoms with van der Waals surface area (Å²) in [5, 5.41) is 13.2. The first kappa shape index (κ1) is 21.5. The first-order valence-corrected chi connectivity index (χ1v) is 9.79. The van der Waals surface area contributed by atoms with Crippen LogP contribution in [0.1, 0.15) is 23.6 Å². The van der Waals surface area contributed by atoms with E-state index in [-0.39, 0.29) is 11.1 Å². The van der Waals surface area contributed by atoms with E-state index >= 15 is 0 Å². The second-order valence-electron chi connectivity index (χ2n) is 7.56. The maximum atomic E-state index is 13.3. The fraction of sp³-hybridized carbons (Fsp3) is 0.304. The van der Waals surface area contributed by atoms with Gasteiger partial charge >= 0.3 is 0 Å². The number of nitrogens with one attached hydrogen (secondary N) is 1. The molecule has 1 N–H and O–H groups in total. The number of ketones is 1. The Labute approximate surface area is 175 Å². The molecule has 1 aliphatic rings. The number of amides is 1. The highest BCUT2D eigenvalue weighted by molar-refractivity contribution is 6.46. The zero-order valence-corrected chi connectivity index (χ0v) is 17.3. The number of hydrogen-bond acceptors (Lipinski definition) is 4. The van der Waals surface area contributed by atoms with Gasteiger partial charge in [-0.05, 0) is 35.4 Å². The van der Waals surface area contributed by atoms with Gasteiger partial charge in [-0.15, -0.1) is 0 Å². The molecular weight excluding hydrogens is 387 g/mol. The quantitative estimate of drug-likeness (QED) is 0.411. The monoisotopic (exact) mass is 412 g/mol. The fourth-order valence-corrected chi connectivity index (χ4v) is 3.59. The van der Waals surface area contributed by atoms with Crippen LogP contribution in [-0.4, -0.2) is 50.9 Å². The van der Waals surface area contributed by atoms with Crippen LogP contribution in [0.5, 0.6) is 5.75 Å². The maximum Gasteiger partial charge on any atom is 0.295 e. The van der Waals surface area contributed by atoms with Crippen molar-refractivity contribution in [2.75, 3.05) is 34.3 Å². The van der Waals surface area contributed by atoms with E-state index in [1.807, 2.05) is 14.1 Å². The Morgan fingerprint density at radius 1 is 1.10 bits per heavy atom. The van der Waals surface area contributed by atoms with E-state index < -0.39 is 29.3 Å². The first-order valence-electron chi connectivity index (χ1n) is 9.79. The van der Waals surface area contributed by atoms with Gasteiger partial charge in [-0.3, -0.25) is 9.59 Å². The highest BCUT2D eigenvalue weighted by Gasteiger charge is 2.43. The van der Waals surface area contributed by atoms with E-state index in [1.165, 1.54) is 21.9 Å². The van der Waals surface area contributed by atoms with Crippen molar-refractivity contribution >= 4 is 17.4 Å². The van der Waals surface area contributed by atoms with Gasteiger partial charge in [0.1, 0.15) is 11.6 Å². The van der Waals surface area contributed by atoms with Crippen LogP contribution in [0.4, 0.5) is 4.39 Å². The number of hydrogen-bond donors (Lipinski definition) is 1. The zero-order chi connectivity index (χ0) is 21.8. The smallest absolute Gasteiger partial charge is 0.295 e. The minimum absolute atomic E-state index is 0.103. The summed E-state index contributed by atoms with van der Waals surface area (Å²) >= 11 is 0. The van der Waals surface area contributed by atoms with Crippen LogP contribution in [0, 0.1) is 5.82 Å². The number of carbonyl (C=O) groups excluding carboxylic acids is 2. The second-order valence-corrected chi connectivity index (χ2v) is 7.56. The molecule has 0 aliphatic carbocycles. The lowest BCUT2D eigenvalue weighted by Gasteiger charge is -2.27. The summed E-state index contributed by atoms with van der Waals surface area (Å²) in [6.45, 7) is 1.17. The van der Waals surface area contributed by atoms with Crippen LogP contribution < -0.4 is 14.7 Å². The van der Waals surface area contributed by atoms with Crippen LogP contribution in [0.15, 0.2) is 54.1 Å². The number of halogens is 1. The number of benzene rings is 2. The molecule has 0 radical (unpaired) electrons. The summed E-state index contributed by atoms with van der Waals surface area (Å²) < 4.78 is 18.5. The second kappa shape index (κ2) is 9.09. The Hall–Kier alpha value is -3.19. The van der Waals surface area contributed by atoms with E-state index in [4.69, 9.17) is 4.74 Å². The van der Waals surface area contributed by atoms with Gasteiger partial charge in [0.25, 0.3) is 5.91 Å². The number of ether oxygens (including phenoxy) is 1. The molecule has 1 aliphatic heterocycles. The number of carbonyl (C=O) groups is 2. The van der Waals surface area contributed by atoms with Gasteiger partial charge < -0.3 is 19.6 Å². The summed E-state index contributed by atoms with van der Waals surface area (Å²) in [6, 6.07) is 11.1. The number of methoxy groups -OCH3 is 1. The standard InChI is InChI=1S/C23H25FN2O4/c1-25(2)13-4-14-26-20(15-7-11-18(30-3)12-8-15)19(22(28)23(26)29)21(27)16-5-9-17(24)10-6-16/h5-12,20,27H,4,13-14H2,1-3H3/b21-19+. The number of rotatable bonds is 7. The lowest BCUT2D eigenvalue weighted by atomic mass is 9.95. The molecule has 1 unspecified atom stereocenters. The summed E-state index contributed by atoms with van der Waals surface area (Å²) in [7, 11) is 5.56. The molecule has 0 spiro atoms. The van der Waals surface area contributed by atoms with Crippen LogP contribution in [0.2, 0.25) is 0 Å². The van der Waals surface area contributed by atoms with Gasteiger partial charge in [0, 0.05) is 18.5 Å². The number of likely N-dealkylation sites (tertiary alicyclic amines) is 1. The highest BCUT2D eigenvalue weighted by atomic mass is 19.1. The normalized spacial score (nSPS) is 18.3. The average Bonchev–Trinajstić information content (AvgIpc) is 2.98. The molecule has 0 saturated carbocycles. The first-order chi connectivity index (χ1) is 14.3. The molecule has 2 aromatic carbocycles. The molecule has 1 saturated heterocycles. The molecule has 1 fully saturated rings. The van der Waals surface area contributed by atoms with Crippen molar-refractivity contribution < 1.29 is 28.7 Å². The Balaban J connectivity index is 2.07. The Bertz CT molecular complexity index is 952. The molecule has 3 rings (SSSR count). The molecule has 0 aromatic heterocycles. The van der Waals surface area contributed by atoms with Gasteiger partial charge in [-0.25, -0.2) is 4.39 Å². The van der Waals surface area contributed by atoms with Crippen molar-refractivity contribution in [3.8, 4) is 5.75 Å². The molecule has 6 nitrogen and oxygen atoms in total. The van der Waals surface area contributed by atoms with Crippen molar-refractivity contribution in [2.45, 2.75) is 12.5 Å². The maximum absolute atomic E-state index is 13.3. The van der Waals surface area contributed by atoms with Gasteiger partial charge in [-0.1, -0.05) is 30.0 Å². The third-order valence-electron chi connectivity index (χ3n) is 5.14. The number of Topliss-reactive ketones (excluding diaryl/α,β-unsaturated/α-hetero) is 1. The lowest BCUT2D eigenvalue weighted by Crippen LogP contribution is -3.05. The topological polar surface area (TPSA) is 74.1 Å². The van der Waals surface area contributed by atoms with E-state index in [9.17, 15) is 19.1 Å². The van der Waals surface area contributed by atoms with Crippen LogP contribution in [0.3, 0.4) is 0 Å². The molecule has 158 valence electrons.